The minimum atomic E-state index is -0.119. The van der Waals surface area contributed by atoms with Crippen molar-refractivity contribution in [3.63, 3.8) is 0 Å². The molecule has 82 valence electrons. The maximum Gasteiger partial charge on any atom is 0.221 e. The lowest BCUT2D eigenvalue weighted by molar-refractivity contribution is -0.114. The van der Waals surface area contributed by atoms with Gasteiger partial charge in [0.1, 0.15) is 0 Å². The maximum atomic E-state index is 11.1. The number of pyridine rings is 1. The smallest absolute Gasteiger partial charge is 0.221 e. The van der Waals surface area contributed by atoms with Crippen molar-refractivity contribution in [2.24, 2.45) is 0 Å². The van der Waals surface area contributed by atoms with Crippen LogP contribution in [0.15, 0.2) is 24.3 Å². The van der Waals surface area contributed by atoms with E-state index in [1.807, 2.05) is 25.1 Å². The summed E-state index contributed by atoms with van der Waals surface area (Å²) in [7, 11) is 0. The molecule has 1 aromatic heterocycles. The lowest BCUT2D eigenvalue weighted by atomic mass is 10.1. The van der Waals surface area contributed by atoms with E-state index in [-0.39, 0.29) is 5.91 Å². The Morgan fingerprint density at radius 2 is 2.19 bits per heavy atom. The largest absolute Gasteiger partial charge is 0.324 e. The molecule has 16 heavy (non-hydrogen) atoms. The molecule has 1 amide bonds. The van der Waals surface area contributed by atoms with Crippen LogP contribution in [0.3, 0.4) is 0 Å². The Morgan fingerprint density at radius 3 is 2.88 bits per heavy atom. The number of para-hydroxylation sites is 1. The number of nitrogens with one attached hydrogen (secondary N) is 1. The highest BCUT2D eigenvalue weighted by Gasteiger charge is 2.07. The lowest BCUT2D eigenvalue weighted by Gasteiger charge is -2.08. The molecule has 0 unspecified atom stereocenters. The number of fused-ring (bicyclic) bond motifs is 1. The SMILES string of the molecule is CC(=O)Nc1cccc2c(Cl)cc(C)nc12. The normalized spacial score (nSPS) is 10.4. The molecule has 1 heterocycles. The highest BCUT2D eigenvalue weighted by Crippen LogP contribution is 2.28. The van der Waals surface area contributed by atoms with Crippen molar-refractivity contribution in [1.82, 2.24) is 4.98 Å². The van der Waals surface area contributed by atoms with Crippen LogP contribution in [0.1, 0.15) is 12.6 Å². The van der Waals surface area contributed by atoms with Crippen LogP contribution in [0, 0.1) is 6.92 Å². The van der Waals surface area contributed by atoms with Gasteiger partial charge in [-0.1, -0.05) is 23.7 Å². The van der Waals surface area contributed by atoms with Gasteiger partial charge in [-0.25, -0.2) is 0 Å². The molecule has 0 saturated carbocycles. The van der Waals surface area contributed by atoms with E-state index < -0.39 is 0 Å². The first-order chi connectivity index (χ1) is 7.58. The Balaban J connectivity index is 2.71. The zero-order chi connectivity index (χ0) is 11.7. The van der Waals surface area contributed by atoms with Crippen LogP contribution >= 0.6 is 11.6 Å². The van der Waals surface area contributed by atoms with Crippen LogP contribution in [-0.4, -0.2) is 10.9 Å². The van der Waals surface area contributed by atoms with Crippen LogP contribution in [0.25, 0.3) is 10.9 Å². The van der Waals surface area contributed by atoms with E-state index in [1.165, 1.54) is 6.92 Å². The zero-order valence-electron chi connectivity index (χ0n) is 9.04. The van der Waals surface area contributed by atoms with Crippen molar-refractivity contribution in [2.75, 3.05) is 5.32 Å². The van der Waals surface area contributed by atoms with Crippen LogP contribution in [0.5, 0.6) is 0 Å². The Labute approximate surface area is 98.4 Å². The second kappa shape index (κ2) is 4.10. The second-order valence-electron chi connectivity index (χ2n) is 3.63. The van der Waals surface area contributed by atoms with Gasteiger partial charge in [0, 0.05) is 18.0 Å². The highest BCUT2D eigenvalue weighted by atomic mass is 35.5. The first kappa shape index (κ1) is 10.9. The van der Waals surface area contributed by atoms with E-state index >= 15 is 0 Å². The Bertz CT molecular complexity index is 566. The molecule has 2 rings (SSSR count). The standard InChI is InChI=1S/C12H11ClN2O/c1-7-6-10(13)9-4-3-5-11(12(9)14-7)15-8(2)16/h3-6H,1-2H3,(H,15,16). The van der Waals surface area contributed by atoms with Crippen molar-refractivity contribution in [2.45, 2.75) is 13.8 Å². The molecule has 0 saturated heterocycles. The summed E-state index contributed by atoms with van der Waals surface area (Å²) in [6, 6.07) is 7.35. The van der Waals surface area contributed by atoms with Gasteiger partial charge in [-0.3, -0.25) is 9.78 Å². The molecule has 0 aliphatic carbocycles. The van der Waals surface area contributed by atoms with Crippen molar-refractivity contribution in [1.29, 1.82) is 0 Å². The number of hydrogen-bond donors (Lipinski definition) is 1. The fourth-order valence-corrected chi connectivity index (χ4v) is 1.93. The average Bonchev–Trinajstić information content (AvgIpc) is 2.18. The van der Waals surface area contributed by atoms with Crippen LogP contribution in [0.2, 0.25) is 5.02 Å². The van der Waals surface area contributed by atoms with E-state index in [2.05, 4.69) is 10.3 Å². The van der Waals surface area contributed by atoms with Gasteiger partial charge in [-0.2, -0.15) is 0 Å². The summed E-state index contributed by atoms with van der Waals surface area (Å²) in [6.45, 7) is 3.34. The Hall–Kier alpha value is -1.61. The number of benzene rings is 1. The third kappa shape index (κ3) is 1.99. The number of anilines is 1. The molecule has 0 spiro atoms. The van der Waals surface area contributed by atoms with Gasteiger partial charge in [0.25, 0.3) is 0 Å². The molecule has 0 fully saturated rings. The molecule has 1 aromatic carbocycles. The second-order valence-corrected chi connectivity index (χ2v) is 4.04. The van der Waals surface area contributed by atoms with E-state index in [0.29, 0.717) is 10.7 Å². The van der Waals surface area contributed by atoms with Gasteiger partial charge in [-0.05, 0) is 19.1 Å². The lowest BCUT2D eigenvalue weighted by Crippen LogP contribution is -2.06. The van der Waals surface area contributed by atoms with Crippen molar-refractivity contribution in [3.8, 4) is 0 Å². The summed E-state index contributed by atoms with van der Waals surface area (Å²) >= 11 is 6.12. The minimum Gasteiger partial charge on any atom is -0.324 e. The van der Waals surface area contributed by atoms with Gasteiger partial charge in [-0.15, -0.1) is 0 Å². The molecule has 2 aromatic rings. The Morgan fingerprint density at radius 1 is 1.44 bits per heavy atom. The number of amides is 1. The molecule has 1 N–H and O–H groups in total. The molecule has 0 aliphatic rings. The number of halogens is 1. The van der Waals surface area contributed by atoms with Crippen molar-refractivity contribution < 1.29 is 4.79 Å². The summed E-state index contributed by atoms with van der Waals surface area (Å²) in [4.78, 5) is 15.4. The molecule has 4 heteroatoms. The fourth-order valence-electron chi connectivity index (χ4n) is 1.62. The zero-order valence-corrected chi connectivity index (χ0v) is 9.80. The van der Waals surface area contributed by atoms with Crippen LogP contribution in [-0.2, 0) is 4.79 Å². The molecule has 3 nitrogen and oxygen atoms in total. The van der Waals surface area contributed by atoms with Crippen molar-refractivity contribution in [3.05, 3.63) is 35.0 Å². The summed E-state index contributed by atoms with van der Waals surface area (Å²) in [5, 5.41) is 4.24. The number of hydrogen-bond acceptors (Lipinski definition) is 2. The summed E-state index contributed by atoms with van der Waals surface area (Å²) in [5.41, 5.74) is 2.24. The number of nitrogens with zero attached hydrogens (tertiary/aromatic N) is 1. The minimum absolute atomic E-state index is 0.119. The average molecular weight is 235 g/mol. The number of carbonyl (C=O) groups is 1. The number of aryl methyl sites for hydroxylation is 1. The van der Waals surface area contributed by atoms with Gasteiger partial charge in [0.05, 0.1) is 16.2 Å². The molecular weight excluding hydrogens is 224 g/mol. The van der Waals surface area contributed by atoms with Crippen molar-refractivity contribution >= 4 is 34.1 Å². The van der Waals surface area contributed by atoms with Gasteiger partial charge in [0.2, 0.25) is 5.91 Å². The highest BCUT2D eigenvalue weighted by molar-refractivity contribution is 6.35. The molecule has 0 atom stereocenters. The van der Waals surface area contributed by atoms with Gasteiger partial charge in [0.15, 0.2) is 0 Å². The number of aromatic nitrogens is 1. The maximum absolute atomic E-state index is 11.1. The van der Waals surface area contributed by atoms with Gasteiger partial charge < -0.3 is 5.32 Å². The van der Waals surface area contributed by atoms with E-state index in [1.54, 1.807) is 6.07 Å². The number of rotatable bonds is 1. The fraction of sp³-hybridized carbons (Fsp3) is 0.167. The molecular formula is C12H11ClN2O. The quantitative estimate of drug-likeness (QED) is 0.824. The molecule has 0 bridgehead atoms. The van der Waals surface area contributed by atoms with Crippen LogP contribution < -0.4 is 5.32 Å². The summed E-state index contributed by atoms with van der Waals surface area (Å²) in [5.74, 6) is -0.119. The third-order valence-electron chi connectivity index (χ3n) is 2.23. The Kier molecular flexibility index (Phi) is 2.79. The van der Waals surface area contributed by atoms with E-state index in [9.17, 15) is 4.79 Å². The first-order valence-corrected chi connectivity index (χ1v) is 5.29. The van der Waals surface area contributed by atoms with E-state index in [4.69, 9.17) is 11.6 Å². The van der Waals surface area contributed by atoms with Gasteiger partial charge >= 0.3 is 0 Å². The molecule has 0 aliphatic heterocycles. The summed E-state index contributed by atoms with van der Waals surface area (Å²) in [6.07, 6.45) is 0. The number of carbonyl (C=O) groups excluding carboxylic acids is 1. The monoisotopic (exact) mass is 234 g/mol. The van der Waals surface area contributed by atoms with E-state index in [0.717, 1.165) is 16.6 Å². The predicted molar refractivity (Wildman–Crippen MR) is 65.8 cm³/mol. The topological polar surface area (TPSA) is 42.0 Å². The van der Waals surface area contributed by atoms with Crippen LogP contribution in [0.4, 0.5) is 5.69 Å². The summed E-state index contributed by atoms with van der Waals surface area (Å²) < 4.78 is 0. The third-order valence-corrected chi connectivity index (χ3v) is 2.54. The first-order valence-electron chi connectivity index (χ1n) is 4.91. The molecule has 0 radical (unpaired) electrons. The predicted octanol–water partition coefficient (Wildman–Crippen LogP) is 3.16.